The number of hydrogen-bond donors (Lipinski definition) is 1. The van der Waals surface area contributed by atoms with Gasteiger partial charge in [-0.1, -0.05) is 42.5 Å². The number of carbonyl (C=O) groups is 1. The highest BCUT2D eigenvalue weighted by molar-refractivity contribution is 5.79. The molecule has 1 aliphatic carbocycles. The SMILES string of the molecule is O=C([C@@H]1CC=CCC1)N1CCC[C@@H]1C[C@@H](O)c1ccccc1. The Kier molecular flexibility index (Phi) is 4.94. The average molecular weight is 299 g/mol. The lowest BCUT2D eigenvalue weighted by Gasteiger charge is -2.30. The summed E-state index contributed by atoms with van der Waals surface area (Å²) < 4.78 is 0. The molecule has 3 rings (SSSR count). The molecular formula is C19H25NO2. The van der Waals surface area contributed by atoms with E-state index in [0.717, 1.165) is 44.2 Å². The molecule has 1 aromatic carbocycles. The molecule has 3 atom stereocenters. The van der Waals surface area contributed by atoms with Crippen molar-refractivity contribution >= 4 is 5.91 Å². The monoisotopic (exact) mass is 299 g/mol. The predicted octanol–water partition coefficient (Wildman–Crippen LogP) is 3.46. The Morgan fingerprint density at radius 2 is 2.05 bits per heavy atom. The largest absolute Gasteiger partial charge is 0.388 e. The van der Waals surface area contributed by atoms with Gasteiger partial charge in [-0.15, -0.1) is 0 Å². The lowest BCUT2D eigenvalue weighted by molar-refractivity contribution is -0.137. The molecule has 0 spiro atoms. The third-order valence-electron chi connectivity index (χ3n) is 4.96. The molecule has 1 saturated heterocycles. The van der Waals surface area contributed by atoms with E-state index in [-0.39, 0.29) is 12.0 Å². The maximum absolute atomic E-state index is 12.7. The van der Waals surface area contributed by atoms with Crippen molar-refractivity contribution in [2.24, 2.45) is 5.92 Å². The molecule has 0 unspecified atom stereocenters. The van der Waals surface area contributed by atoms with Gasteiger partial charge in [0.15, 0.2) is 0 Å². The number of hydrogen-bond acceptors (Lipinski definition) is 2. The van der Waals surface area contributed by atoms with Gasteiger partial charge in [-0.25, -0.2) is 0 Å². The van der Waals surface area contributed by atoms with E-state index >= 15 is 0 Å². The van der Waals surface area contributed by atoms with E-state index in [0.29, 0.717) is 12.3 Å². The third-order valence-corrected chi connectivity index (χ3v) is 4.96. The number of aliphatic hydroxyl groups excluding tert-OH is 1. The van der Waals surface area contributed by atoms with Crippen LogP contribution in [-0.2, 0) is 4.79 Å². The van der Waals surface area contributed by atoms with Crippen molar-refractivity contribution in [1.29, 1.82) is 0 Å². The topological polar surface area (TPSA) is 40.5 Å². The van der Waals surface area contributed by atoms with Gasteiger partial charge >= 0.3 is 0 Å². The Hall–Kier alpha value is -1.61. The summed E-state index contributed by atoms with van der Waals surface area (Å²) in [6.45, 7) is 0.852. The summed E-state index contributed by atoms with van der Waals surface area (Å²) >= 11 is 0. The molecule has 1 aromatic rings. The first-order valence-electron chi connectivity index (χ1n) is 8.44. The first-order valence-corrected chi connectivity index (χ1v) is 8.44. The van der Waals surface area contributed by atoms with Gasteiger partial charge in [0.05, 0.1) is 6.10 Å². The molecule has 0 bridgehead atoms. The van der Waals surface area contributed by atoms with E-state index in [2.05, 4.69) is 12.2 Å². The van der Waals surface area contributed by atoms with Crippen LogP contribution in [0.1, 0.15) is 50.2 Å². The van der Waals surface area contributed by atoms with Crippen LogP contribution in [0.4, 0.5) is 0 Å². The molecule has 0 aromatic heterocycles. The Balaban J connectivity index is 1.63. The molecule has 2 aliphatic rings. The predicted molar refractivity (Wildman–Crippen MR) is 87.2 cm³/mol. The second-order valence-electron chi connectivity index (χ2n) is 6.47. The maximum Gasteiger partial charge on any atom is 0.226 e. The van der Waals surface area contributed by atoms with E-state index in [1.165, 1.54) is 0 Å². The van der Waals surface area contributed by atoms with Crippen LogP contribution in [0, 0.1) is 5.92 Å². The molecule has 1 amide bonds. The van der Waals surface area contributed by atoms with E-state index in [9.17, 15) is 9.90 Å². The Morgan fingerprint density at radius 3 is 2.77 bits per heavy atom. The standard InChI is InChI=1S/C19H25NO2/c21-18(15-8-3-1-4-9-15)14-17-12-7-13-20(17)19(22)16-10-5-2-6-11-16/h1-5,8-9,16-18,21H,6-7,10-14H2/t16-,17-,18-/m1/s1. The van der Waals surface area contributed by atoms with Crippen LogP contribution in [0.5, 0.6) is 0 Å². The van der Waals surface area contributed by atoms with Crippen LogP contribution in [0.15, 0.2) is 42.5 Å². The second-order valence-corrected chi connectivity index (χ2v) is 6.47. The number of carbonyl (C=O) groups excluding carboxylic acids is 1. The molecule has 1 heterocycles. The minimum Gasteiger partial charge on any atom is -0.388 e. The van der Waals surface area contributed by atoms with Crippen molar-refractivity contribution < 1.29 is 9.90 Å². The minimum atomic E-state index is -0.481. The molecule has 3 heteroatoms. The zero-order valence-corrected chi connectivity index (χ0v) is 13.0. The Morgan fingerprint density at radius 1 is 1.23 bits per heavy atom. The molecule has 1 N–H and O–H groups in total. The van der Waals surface area contributed by atoms with Gasteiger partial charge in [-0.2, -0.15) is 0 Å². The van der Waals surface area contributed by atoms with Crippen LogP contribution < -0.4 is 0 Å². The lowest BCUT2D eigenvalue weighted by atomic mass is 9.92. The van der Waals surface area contributed by atoms with E-state index in [4.69, 9.17) is 0 Å². The van der Waals surface area contributed by atoms with Gasteiger partial charge in [-0.3, -0.25) is 4.79 Å². The van der Waals surface area contributed by atoms with Crippen molar-refractivity contribution in [1.82, 2.24) is 4.90 Å². The summed E-state index contributed by atoms with van der Waals surface area (Å²) in [5.74, 6) is 0.451. The van der Waals surface area contributed by atoms with Gasteiger partial charge in [0.1, 0.15) is 0 Å². The fraction of sp³-hybridized carbons (Fsp3) is 0.526. The number of benzene rings is 1. The summed E-state index contributed by atoms with van der Waals surface area (Å²) in [6.07, 6.45) is 9.41. The summed E-state index contributed by atoms with van der Waals surface area (Å²) in [7, 11) is 0. The molecule has 0 radical (unpaired) electrons. The quantitative estimate of drug-likeness (QED) is 0.865. The molecular weight excluding hydrogens is 274 g/mol. The minimum absolute atomic E-state index is 0.152. The van der Waals surface area contributed by atoms with Gasteiger partial charge < -0.3 is 10.0 Å². The number of rotatable bonds is 4. The normalized spacial score (nSPS) is 26.1. The Bertz CT molecular complexity index is 525. The molecule has 1 aliphatic heterocycles. The van der Waals surface area contributed by atoms with Gasteiger partial charge in [0.2, 0.25) is 5.91 Å². The molecule has 0 saturated carbocycles. The Labute approximate surface area is 132 Å². The van der Waals surface area contributed by atoms with E-state index in [1.807, 2.05) is 35.2 Å². The van der Waals surface area contributed by atoms with Crippen molar-refractivity contribution in [2.75, 3.05) is 6.54 Å². The highest BCUT2D eigenvalue weighted by Gasteiger charge is 2.34. The first kappa shape index (κ1) is 15.3. The number of nitrogens with zero attached hydrogens (tertiary/aromatic N) is 1. The first-order chi connectivity index (χ1) is 10.8. The van der Waals surface area contributed by atoms with Crippen molar-refractivity contribution in [3.05, 3.63) is 48.0 Å². The van der Waals surface area contributed by atoms with E-state index in [1.54, 1.807) is 0 Å². The molecule has 118 valence electrons. The highest BCUT2D eigenvalue weighted by atomic mass is 16.3. The lowest BCUT2D eigenvalue weighted by Crippen LogP contribution is -2.40. The second kappa shape index (κ2) is 7.10. The molecule has 1 fully saturated rings. The van der Waals surface area contributed by atoms with Crippen LogP contribution in [0.3, 0.4) is 0 Å². The summed E-state index contributed by atoms with van der Waals surface area (Å²) in [5, 5.41) is 10.4. The zero-order valence-electron chi connectivity index (χ0n) is 13.0. The fourth-order valence-corrected chi connectivity index (χ4v) is 3.69. The van der Waals surface area contributed by atoms with Crippen LogP contribution >= 0.6 is 0 Å². The fourth-order valence-electron chi connectivity index (χ4n) is 3.69. The van der Waals surface area contributed by atoms with Crippen LogP contribution in [0.25, 0.3) is 0 Å². The number of aliphatic hydroxyl groups is 1. The van der Waals surface area contributed by atoms with Crippen molar-refractivity contribution in [3.8, 4) is 0 Å². The zero-order chi connectivity index (χ0) is 15.4. The maximum atomic E-state index is 12.7. The third kappa shape index (κ3) is 3.41. The molecule has 22 heavy (non-hydrogen) atoms. The van der Waals surface area contributed by atoms with Crippen molar-refractivity contribution in [3.63, 3.8) is 0 Å². The number of likely N-dealkylation sites (tertiary alicyclic amines) is 1. The van der Waals surface area contributed by atoms with Gasteiger partial charge in [0, 0.05) is 18.5 Å². The highest BCUT2D eigenvalue weighted by Crippen LogP contribution is 2.30. The smallest absolute Gasteiger partial charge is 0.226 e. The molecule has 3 nitrogen and oxygen atoms in total. The number of amides is 1. The van der Waals surface area contributed by atoms with Gasteiger partial charge in [-0.05, 0) is 44.1 Å². The van der Waals surface area contributed by atoms with Crippen LogP contribution in [0.2, 0.25) is 0 Å². The summed E-state index contributed by atoms with van der Waals surface area (Å²) in [5.41, 5.74) is 0.947. The summed E-state index contributed by atoms with van der Waals surface area (Å²) in [4.78, 5) is 14.8. The van der Waals surface area contributed by atoms with Gasteiger partial charge in [0.25, 0.3) is 0 Å². The van der Waals surface area contributed by atoms with E-state index < -0.39 is 6.10 Å². The van der Waals surface area contributed by atoms with Crippen molar-refractivity contribution in [2.45, 2.75) is 50.7 Å². The van der Waals surface area contributed by atoms with Crippen LogP contribution in [-0.4, -0.2) is 28.5 Å². The summed E-state index contributed by atoms with van der Waals surface area (Å²) in [6, 6.07) is 9.96. The number of allylic oxidation sites excluding steroid dienone is 2. The average Bonchev–Trinajstić information content (AvgIpc) is 3.04.